The Bertz CT molecular complexity index is 1390. The third-order valence-corrected chi connectivity index (χ3v) is 8.53. The van der Waals surface area contributed by atoms with Crippen LogP contribution in [0, 0.1) is 11.7 Å². The van der Waals surface area contributed by atoms with Gasteiger partial charge in [0.15, 0.2) is 0 Å². The van der Waals surface area contributed by atoms with Crippen molar-refractivity contribution in [1.29, 1.82) is 0 Å². The van der Waals surface area contributed by atoms with Gasteiger partial charge in [0, 0.05) is 56.6 Å². The molecule has 2 N–H and O–H groups in total. The summed E-state index contributed by atoms with van der Waals surface area (Å²) in [5, 5.41) is 6.23. The maximum atomic E-state index is 15.2. The van der Waals surface area contributed by atoms with Crippen LogP contribution >= 0.6 is 0 Å². The van der Waals surface area contributed by atoms with Crippen LogP contribution in [0.2, 0.25) is 0 Å². The summed E-state index contributed by atoms with van der Waals surface area (Å²) in [6, 6.07) is 10.5. The molecule has 1 saturated heterocycles. The Kier molecular flexibility index (Phi) is 9.61. The van der Waals surface area contributed by atoms with E-state index >= 15 is 4.39 Å². The second-order valence-electron chi connectivity index (χ2n) is 11.4. The van der Waals surface area contributed by atoms with Crippen LogP contribution in [-0.2, 0) is 16.1 Å². The maximum Gasteiger partial charge on any atom is 0.414 e. The minimum Gasteiger partial charge on any atom is -0.367 e. The lowest BCUT2D eigenvalue weighted by atomic mass is 9.95. The molecule has 1 atom stereocenters. The molecule has 2 aromatic rings. The van der Waals surface area contributed by atoms with Crippen molar-refractivity contribution in [3.05, 3.63) is 59.4 Å². The molecule has 2 fully saturated rings. The largest absolute Gasteiger partial charge is 0.414 e. The van der Waals surface area contributed by atoms with Crippen molar-refractivity contribution in [2.45, 2.75) is 57.8 Å². The number of nitrogens with one attached hydrogen (secondary N) is 2. The van der Waals surface area contributed by atoms with Gasteiger partial charge in [-0.15, -0.1) is 0 Å². The summed E-state index contributed by atoms with van der Waals surface area (Å²) < 4.78 is 56.4. The number of rotatable bonds is 8. The molecule has 5 rings (SSSR count). The van der Waals surface area contributed by atoms with Crippen molar-refractivity contribution >= 4 is 29.4 Å². The molecule has 2 heterocycles. The van der Waals surface area contributed by atoms with E-state index in [1.54, 1.807) is 30.3 Å². The molecule has 1 saturated carbocycles. The van der Waals surface area contributed by atoms with E-state index in [4.69, 9.17) is 0 Å². The van der Waals surface area contributed by atoms with Gasteiger partial charge < -0.3 is 20.4 Å². The van der Waals surface area contributed by atoms with Crippen LogP contribution < -0.4 is 15.5 Å². The lowest BCUT2D eigenvalue weighted by Gasteiger charge is -2.36. The maximum absolute atomic E-state index is 15.2. The van der Waals surface area contributed by atoms with Gasteiger partial charge in [-0.05, 0) is 54.8 Å². The number of amides is 2. The average Bonchev–Trinajstić information content (AvgIpc) is 3.00. The van der Waals surface area contributed by atoms with E-state index in [1.165, 1.54) is 25.3 Å². The minimum atomic E-state index is -4.89. The molecule has 1 aliphatic carbocycles. The molecule has 7 nitrogen and oxygen atoms in total. The first-order valence-corrected chi connectivity index (χ1v) is 14.9. The van der Waals surface area contributed by atoms with Crippen molar-refractivity contribution < 1.29 is 27.2 Å². The van der Waals surface area contributed by atoms with Gasteiger partial charge in [0.25, 0.3) is 5.91 Å². The Balaban J connectivity index is 1.44. The molecule has 0 radical (unpaired) electrons. The van der Waals surface area contributed by atoms with Crippen molar-refractivity contribution in [3.8, 4) is 11.1 Å². The number of nitrogens with zero attached hydrogens (tertiary/aromatic N) is 3. The lowest BCUT2D eigenvalue weighted by molar-refractivity contribution is -0.124. The Morgan fingerprint density at radius 2 is 1.77 bits per heavy atom. The minimum absolute atomic E-state index is 0.268. The van der Waals surface area contributed by atoms with E-state index < -0.39 is 35.3 Å². The van der Waals surface area contributed by atoms with E-state index in [9.17, 15) is 22.8 Å². The number of hydrogen-bond acceptors (Lipinski definition) is 5. The summed E-state index contributed by atoms with van der Waals surface area (Å²) in [5.74, 6) is -4.28. The Morgan fingerprint density at radius 1 is 1.02 bits per heavy atom. The molecule has 2 aromatic carbocycles. The van der Waals surface area contributed by atoms with Gasteiger partial charge in [-0.2, -0.15) is 13.2 Å². The number of likely N-dealkylation sites (N-methyl/N-ethyl adjacent to an activating group) is 1. The van der Waals surface area contributed by atoms with E-state index in [0.29, 0.717) is 48.6 Å². The number of hydrogen-bond donors (Lipinski definition) is 2. The number of alkyl halides is 3. The SMILES string of the molecule is CCN1CCN(c2ccc(-c3cc(CNC4CCCCC4)ccc3F)cc2NC(=O)C2C=NC(=O)C=C2C(F)(F)F)CC1. The lowest BCUT2D eigenvalue weighted by Crippen LogP contribution is -2.46. The fourth-order valence-electron chi connectivity index (χ4n) is 6.02. The molecule has 0 aromatic heterocycles. The van der Waals surface area contributed by atoms with Gasteiger partial charge in [-0.25, -0.2) is 9.38 Å². The number of piperazine rings is 1. The predicted octanol–water partition coefficient (Wildman–Crippen LogP) is 5.71. The highest BCUT2D eigenvalue weighted by Crippen LogP contribution is 2.37. The first-order chi connectivity index (χ1) is 20.6. The fraction of sp³-hybridized carbons (Fsp3) is 0.469. The number of dihydropyridines is 1. The van der Waals surface area contributed by atoms with Gasteiger partial charge in [0.1, 0.15) is 11.7 Å². The standard InChI is InChI=1S/C32H37F4N5O2/c1-2-40-12-14-41(15-13-40)29-11-9-22(24-16-21(8-10-27(24)33)19-37-23-6-4-3-5-7-23)17-28(29)39-31(43)25-20-38-30(42)18-26(25)32(34,35)36/h8-11,16-18,20,23,25,37H,2-7,12-15,19H2,1H3,(H,39,43). The summed E-state index contributed by atoms with van der Waals surface area (Å²) >= 11 is 0. The number of benzene rings is 2. The zero-order chi connectivity index (χ0) is 30.6. The fourth-order valence-corrected chi connectivity index (χ4v) is 6.02. The van der Waals surface area contributed by atoms with Crippen molar-refractivity contribution in [2.75, 3.05) is 42.9 Å². The highest BCUT2D eigenvalue weighted by molar-refractivity contribution is 6.11. The number of carbonyl (C=O) groups is 2. The van der Waals surface area contributed by atoms with E-state index in [1.807, 2.05) is 0 Å². The zero-order valence-corrected chi connectivity index (χ0v) is 24.2. The van der Waals surface area contributed by atoms with Crippen molar-refractivity contribution in [2.24, 2.45) is 10.9 Å². The van der Waals surface area contributed by atoms with Gasteiger partial charge >= 0.3 is 6.18 Å². The highest BCUT2D eigenvalue weighted by Gasteiger charge is 2.43. The number of carbonyl (C=O) groups excluding carboxylic acids is 2. The smallest absolute Gasteiger partial charge is 0.367 e. The summed E-state index contributed by atoms with van der Waals surface area (Å²) in [4.78, 5) is 32.7. The number of aliphatic imine (C=N–C) groups is 1. The second kappa shape index (κ2) is 13.4. The molecule has 2 aliphatic heterocycles. The molecular formula is C32H37F4N5O2. The first-order valence-electron chi connectivity index (χ1n) is 14.9. The number of halogens is 4. The summed E-state index contributed by atoms with van der Waals surface area (Å²) in [7, 11) is 0. The van der Waals surface area contributed by atoms with Crippen LogP contribution in [0.1, 0.15) is 44.6 Å². The molecule has 2 amide bonds. The molecule has 11 heteroatoms. The quantitative estimate of drug-likeness (QED) is 0.380. The van der Waals surface area contributed by atoms with Crippen LogP contribution in [-0.4, -0.2) is 67.9 Å². The average molecular weight is 600 g/mol. The van der Waals surface area contributed by atoms with Gasteiger partial charge in [0.05, 0.1) is 16.9 Å². The monoisotopic (exact) mass is 599 g/mol. The number of anilines is 2. The summed E-state index contributed by atoms with van der Waals surface area (Å²) in [6.45, 7) is 6.44. The van der Waals surface area contributed by atoms with Crippen LogP contribution in [0.3, 0.4) is 0 Å². The van der Waals surface area contributed by atoms with Crippen LogP contribution in [0.5, 0.6) is 0 Å². The molecular weight excluding hydrogens is 562 g/mol. The third-order valence-electron chi connectivity index (χ3n) is 8.53. The predicted molar refractivity (Wildman–Crippen MR) is 160 cm³/mol. The molecule has 43 heavy (non-hydrogen) atoms. The Labute approximate surface area is 249 Å². The van der Waals surface area contributed by atoms with E-state index in [0.717, 1.165) is 44.3 Å². The van der Waals surface area contributed by atoms with Gasteiger partial charge in [-0.3, -0.25) is 9.59 Å². The van der Waals surface area contributed by atoms with E-state index in [2.05, 4.69) is 32.3 Å². The van der Waals surface area contributed by atoms with Gasteiger partial charge in [-0.1, -0.05) is 38.3 Å². The third kappa shape index (κ3) is 7.51. The molecule has 3 aliphatic rings. The van der Waals surface area contributed by atoms with Crippen molar-refractivity contribution in [1.82, 2.24) is 10.2 Å². The summed E-state index contributed by atoms with van der Waals surface area (Å²) in [6.07, 6.45) is 2.09. The molecule has 0 spiro atoms. The normalized spacial score (nSPS) is 20.3. The van der Waals surface area contributed by atoms with E-state index in [-0.39, 0.29) is 5.69 Å². The topological polar surface area (TPSA) is 77.0 Å². The van der Waals surface area contributed by atoms with Gasteiger partial charge in [0.2, 0.25) is 5.91 Å². The van der Waals surface area contributed by atoms with Crippen LogP contribution in [0.15, 0.2) is 53.0 Å². The first kappa shape index (κ1) is 30.9. The van der Waals surface area contributed by atoms with Crippen LogP contribution in [0.25, 0.3) is 11.1 Å². The van der Waals surface area contributed by atoms with Crippen molar-refractivity contribution in [3.63, 3.8) is 0 Å². The Morgan fingerprint density at radius 3 is 2.47 bits per heavy atom. The zero-order valence-electron chi connectivity index (χ0n) is 24.2. The molecule has 0 bridgehead atoms. The molecule has 1 unspecified atom stereocenters. The highest BCUT2D eigenvalue weighted by atomic mass is 19.4. The van der Waals surface area contributed by atoms with Crippen LogP contribution in [0.4, 0.5) is 28.9 Å². The summed E-state index contributed by atoms with van der Waals surface area (Å²) in [5.41, 5.74) is 1.36. The molecule has 230 valence electrons. The second-order valence-corrected chi connectivity index (χ2v) is 11.4. The Hall–Kier alpha value is -3.57.